The third kappa shape index (κ3) is 6.30. The van der Waals surface area contributed by atoms with Crippen LogP contribution in [0.1, 0.15) is 15.9 Å². The minimum atomic E-state index is -3.90. The molecule has 35 heavy (non-hydrogen) atoms. The van der Waals surface area contributed by atoms with Crippen LogP contribution in [0.4, 0.5) is 5.69 Å². The van der Waals surface area contributed by atoms with Gasteiger partial charge in [-0.3, -0.25) is 9.10 Å². The number of hydrogen-bond acceptors (Lipinski definition) is 7. The third-order valence-corrected chi connectivity index (χ3v) is 6.94. The standard InChI is InChI=1S/C25H26N2O7S/c1-27(22-6-4-5-7-23(22)33-3)35(30,31)21-14-10-19(11-15-21)25(29)34-17-24(28)26-16-18-8-12-20(32-2)13-9-18/h4-15H,16-17H2,1-3H3,(H,26,28). The van der Waals surface area contributed by atoms with Gasteiger partial charge in [0.1, 0.15) is 11.5 Å². The zero-order valence-corrected chi connectivity index (χ0v) is 20.4. The molecule has 9 nitrogen and oxygen atoms in total. The third-order valence-electron chi connectivity index (χ3n) is 5.16. The largest absolute Gasteiger partial charge is 0.497 e. The van der Waals surface area contributed by atoms with E-state index < -0.39 is 28.5 Å². The number of methoxy groups -OCH3 is 2. The van der Waals surface area contributed by atoms with Crippen LogP contribution in [0.2, 0.25) is 0 Å². The summed E-state index contributed by atoms with van der Waals surface area (Å²) in [5, 5.41) is 2.66. The van der Waals surface area contributed by atoms with Gasteiger partial charge in [0.05, 0.1) is 30.4 Å². The highest BCUT2D eigenvalue weighted by Gasteiger charge is 2.24. The predicted octanol–water partition coefficient (Wildman–Crippen LogP) is 3.00. The molecule has 1 amide bonds. The molecule has 0 aliphatic heterocycles. The number of nitrogens with one attached hydrogen (secondary N) is 1. The number of carbonyl (C=O) groups is 2. The van der Waals surface area contributed by atoms with Crippen molar-refractivity contribution in [3.63, 3.8) is 0 Å². The van der Waals surface area contributed by atoms with E-state index in [4.69, 9.17) is 14.2 Å². The van der Waals surface area contributed by atoms with Crippen LogP contribution in [0.3, 0.4) is 0 Å². The first kappa shape index (κ1) is 25.6. The molecule has 0 atom stereocenters. The van der Waals surface area contributed by atoms with E-state index in [1.807, 2.05) is 12.1 Å². The van der Waals surface area contributed by atoms with Crippen molar-refractivity contribution in [2.75, 3.05) is 32.2 Å². The van der Waals surface area contributed by atoms with Crippen molar-refractivity contribution < 1.29 is 32.2 Å². The summed E-state index contributed by atoms with van der Waals surface area (Å²) in [4.78, 5) is 24.3. The number of nitrogens with zero attached hydrogens (tertiary/aromatic N) is 1. The van der Waals surface area contributed by atoms with Crippen LogP contribution in [-0.4, -0.2) is 48.2 Å². The highest BCUT2D eigenvalue weighted by Crippen LogP contribution is 2.30. The Balaban J connectivity index is 1.57. The van der Waals surface area contributed by atoms with Gasteiger partial charge in [0, 0.05) is 13.6 Å². The molecule has 3 aromatic carbocycles. The molecule has 3 aromatic rings. The molecular weight excluding hydrogens is 472 g/mol. The summed E-state index contributed by atoms with van der Waals surface area (Å²) < 4.78 is 42.5. The first-order chi connectivity index (χ1) is 16.8. The molecule has 0 saturated carbocycles. The van der Waals surface area contributed by atoms with Crippen LogP contribution in [0.25, 0.3) is 0 Å². The summed E-state index contributed by atoms with van der Waals surface area (Å²) in [6.45, 7) is -0.196. The van der Waals surface area contributed by atoms with E-state index in [0.717, 1.165) is 9.87 Å². The van der Waals surface area contributed by atoms with Crippen molar-refractivity contribution >= 4 is 27.6 Å². The van der Waals surface area contributed by atoms with Gasteiger partial charge in [-0.05, 0) is 54.1 Å². The molecule has 3 rings (SSSR count). The van der Waals surface area contributed by atoms with Gasteiger partial charge in [-0.25, -0.2) is 13.2 Å². The summed E-state index contributed by atoms with van der Waals surface area (Å²) in [6.07, 6.45) is 0. The first-order valence-corrected chi connectivity index (χ1v) is 12.0. The Morgan fingerprint density at radius 2 is 1.54 bits per heavy atom. The number of amides is 1. The second-order valence-corrected chi connectivity index (χ2v) is 9.34. The Morgan fingerprint density at radius 3 is 2.17 bits per heavy atom. The van der Waals surface area contributed by atoms with Gasteiger partial charge in [0.2, 0.25) is 0 Å². The van der Waals surface area contributed by atoms with Gasteiger partial charge in [-0.2, -0.15) is 0 Å². The number of carbonyl (C=O) groups excluding carboxylic acids is 2. The highest BCUT2D eigenvalue weighted by molar-refractivity contribution is 7.92. The number of sulfonamides is 1. The van der Waals surface area contributed by atoms with Crippen molar-refractivity contribution in [2.24, 2.45) is 0 Å². The second kappa shape index (κ2) is 11.4. The van der Waals surface area contributed by atoms with Crippen LogP contribution < -0.4 is 19.1 Å². The van der Waals surface area contributed by atoms with Crippen LogP contribution >= 0.6 is 0 Å². The fraction of sp³-hybridized carbons (Fsp3) is 0.200. The quantitative estimate of drug-likeness (QED) is 0.428. The van der Waals surface area contributed by atoms with E-state index in [1.165, 1.54) is 38.4 Å². The van der Waals surface area contributed by atoms with Crippen molar-refractivity contribution in [3.8, 4) is 11.5 Å². The lowest BCUT2D eigenvalue weighted by atomic mass is 10.2. The lowest BCUT2D eigenvalue weighted by Crippen LogP contribution is -2.28. The average molecular weight is 499 g/mol. The summed E-state index contributed by atoms with van der Waals surface area (Å²) >= 11 is 0. The second-order valence-electron chi connectivity index (χ2n) is 7.37. The van der Waals surface area contributed by atoms with E-state index in [1.54, 1.807) is 43.5 Å². The molecule has 0 heterocycles. The molecule has 0 saturated heterocycles. The van der Waals surface area contributed by atoms with E-state index >= 15 is 0 Å². The number of esters is 1. The molecule has 0 radical (unpaired) electrons. The van der Waals surface area contributed by atoms with Crippen LogP contribution in [0, 0.1) is 0 Å². The predicted molar refractivity (Wildman–Crippen MR) is 130 cm³/mol. The highest BCUT2D eigenvalue weighted by atomic mass is 32.2. The lowest BCUT2D eigenvalue weighted by molar-refractivity contribution is -0.124. The monoisotopic (exact) mass is 498 g/mol. The van der Waals surface area contributed by atoms with E-state index in [-0.39, 0.29) is 17.0 Å². The number of para-hydroxylation sites is 2. The maximum absolute atomic E-state index is 13.0. The summed E-state index contributed by atoms with van der Waals surface area (Å²) in [6, 6.07) is 19.2. The number of rotatable bonds is 10. The maximum Gasteiger partial charge on any atom is 0.338 e. The molecule has 1 N–H and O–H groups in total. The molecule has 10 heteroatoms. The SMILES string of the molecule is COc1ccc(CNC(=O)COC(=O)c2ccc(S(=O)(=O)N(C)c3ccccc3OC)cc2)cc1. The van der Waals surface area contributed by atoms with Crippen molar-refractivity contribution in [1.29, 1.82) is 0 Å². The molecule has 0 aliphatic carbocycles. The maximum atomic E-state index is 13.0. The molecule has 0 aromatic heterocycles. The number of benzene rings is 3. The molecular formula is C25H26N2O7S. The number of hydrogen-bond donors (Lipinski definition) is 1. The molecule has 0 spiro atoms. The van der Waals surface area contributed by atoms with Gasteiger partial charge in [0.25, 0.3) is 15.9 Å². The summed E-state index contributed by atoms with van der Waals surface area (Å²) in [5.41, 5.74) is 1.35. The molecule has 0 unspecified atom stereocenters. The average Bonchev–Trinajstić information content (AvgIpc) is 2.90. The fourth-order valence-electron chi connectivity index (χ4n) is 3.15. The van der Waals surface area contributed by atoms with Crippen molar-refractivity contribution in [1.82, 2.24) is 5.32 Å². The van der Waals surface area contributed by atoms with Gasteiger partial charge in [-0.15, -0.1) is 0 Å². The molecule has 0 fully saturated rings. The Kier molecular flexibility index (Phi) is 8.32. The van der Waals surface area contributed by atoms with Gasteiger partial charge in [0.15, 0.2) is 6.61 Å². The molecule has 184 valence electrons. The lowest BCUT2D eigenvalue weighted by Gasteiger charge is -2.21. The minimum Gasteiger partial charge on any atom is -0.497 e. The fourth-order valence-corrected chi connectivity index (χ4v) is 4.36. The van der Waals surface area contributed by atoms with Crippen molar-refractivity contribution in [3.05, 3.63) is 83.9 Å². The Labute approximate surface area is 204 Å². The van der Waals surface area contributed by atoms with Crippen LogP contribution in [-0.2, 0) is 26.1 Å². The van der Waals surface area contributed by atoms with Gasteiger partial charge < -0.3 is 19.5 Å². The number of ether oxygens (including phenoxy) is 3. The Morgan fingerprint density at radius 1 is 0.886 bits per heavy atom. The number of anilines is 1. The topological polar surface area (TPSA) is 111 Å². The Bertz CT molecular complexity index is 1270. The van der Waals surface area contributed by atoms with Crippen molar-refractivity contribution in [2.45, 2.75) is 11.4 Å². The zero-order valence-electron chi connectivity index (χ0n) is 19.6. The van der Waals surface area contributed by atoms with E-state index in [9.17, 15) is 18.0 Å². The first-order valence-electron chi connectivity index (χ1n) is 10.5. The summed E-state index contributed by atoms with van der Waals surface area (Å²) in [5.74, 6) is -0.0956. The minimum absolute atomic E-state index is 0.0142. The van der Waals surface area contributed by atoms with Gasteiger partial charge >= 0.3 is 5.97 Å². The smallest absolute Gasteiger partial charge is 0.338 e. The van der Waals surface area contributed by atoms with E-state index in [0.29, 0.717) is 17.2 Å². The zero-order chi connectivity index (χ0) is 25.4. The van der Waals surface area contributed by atoms with Gasteiger partial charge in [-0.1, -0.05) is 24.3 Å². The molecule has 0 aliphatic rings. The molecule has 0 bridgehead atoms. The normalized spacial score (nSPS) is 10.8. The summed E-state index contributed by atoms with van der Waals surface area (Å²) in [7, 11) is 0.540. The van der Waals surface area contributed by atoms with Crippen LogP contribution in [0.5, 0.6) is 11.5 Å². The Hall–Kier alpha value is -4.05. The van der Waals surface area contributed by atoms with E-state index in [2.05, 4.69) is 5.32 Å². The van der Waals surface area contributed by atoms with Crippen LogP contribution in [0.15, 0.2) is 77.7 Å².